The molecule has 0 N–H and O–H groups in total. The summed E-state index contributed by atoms with van der Waals surface area (Å²) in [6.07, 6.45) is 5.32. The Kier molecular flexibility index (Phi) is 5.68. The van der Waals surface area contributed by atoms with Crippen molar-refractivity contribution in [2.24, 2.45) is 0 Å². The minimum Gasteiger partial charge on any atom is -0.489 e. The smallest absolute Gasteiger partial charge is 0.232 e. The van der Waals surface area contributed by atoms with Crippen LogP contribution >= 0.6 is 11.6 Å². The molecule has 0 bridgehead atoms. The highest BCUT2D eigenvalue weighted by Crippen LogP contribution is 2.37. The Labute approximate surface area is 179 Å². The molecule has 0 saturated heterocycles. The SMILES string of the molecule is Cc1cc(OCc2c(F)cccc2Cl)cc2c1C(=O)/C(=C/C=C/c1ccccc1)O2. The topological polar surface area (TPSA) is 35.5 Å². The number of ketones is 1. The molecule has 0 amide bonds. The van der Waals surface area contributed by atoms with Crippen LogP contribution in [0.3, 0.4) is 0 Å². The van der Waals surface area contributed by atoms with E-state index in [2.05, 4.69) is 0 Å². The number of Topliss-reactive ketones (excluding diaryl/α,β-unsaturated/α-hetero) is 1. The quantitative estimate of drug-likeness (QED) is 0.439. The number of benzene rings is 3. The van der Waals surface area contributed by atoms with Gasteiger partial charge in [-0.15, -0.1) is 0 Å². The maximum Gasteiger partial charge on any atom is 0.232 e. The largest absolute Gasteiger partial charge is 0.489 e. The third-order valence-corrected chi connectivity index (χ3v) is 5.08. The lowest BCUT2D eigenvalue weighted by Crippen LogP contribution is -2.01. The maximum atomic E-state index is 13.9. The van der Waals surface area contributed by atoms with Gasteiger partial charge in [-0.25, -0.2) is 4.39 Å². The molecule has 3 aromatic rings. The molecule has 1 aliphatic heterocycles. The standard InChI is InChI=1S/C25H18ClFO3/c1-16-13-18(29-15-19-20(26)10-6-11-21(19)27)14-23-24(16)25(28)22(30-23)12-5-9-17-7-3-2-4-8-17/h2-14H,15H2,1H3/b9-5+,22-12-. The Morgan fingerprint density at radius 2 is 1.90 bits per heavy atom. The molecule has 0 fully saturated rings. The molecule has 30 heavy (non-hydrogen) atoms. The van der Waals surface area contributed by atoms with Gasteiger partial charge >= 0.3 is 0 Å². The monoisotopic (exact) mass is 420 g/mol. The number of aryl methyl sites for hydroxylation is 1. The first kappa shape index (κ1) is 19.9. The second kappa shape index (κ2) is 8.56. The van der Waals surface area contributed by atoms with Crippen molar-refractivity contribution in [1.82, 2.24) is 0 Å². The lowest BCUT2D eigenvalue weighted by Gasteiger charge is -2.11. The number of carbonyl (C=O) groups excluding carboxylic acids is 1. The van der Waals surface area contributed by atoms with Crippen LogP contribution in [0.15, 0.2) is 78.6 Å². The third-order valence-electron chi connectivity index (χ3n) is 4.72. The number of hydrogen-bond acceptors (Lipinski definition) is 3. The van der Waals surface area contributed by atoms with Gasteiger partial charge in [-0.3, -0.25) is 4.79 Å². The summed E-state index contributed by atoms with van der Waals surface area (Å²) in [5, 5.41) is 0.301. The molecule has 0 spiro atoms. The minimum absolute atomic E-state index is 0.0276. The fraction of sp³-hybridized carbons (Fsp3) is 0.0800. The Hall–Kier alpha value is -3.37. The minimum atomic E-state index is -0.428. The van der Waals surface area contributed by atoms with Crippen LogP contribution in [0.25, 0.3) is 6.08 Å². The summed E-state index contributed by atoms with van der Waals surface area (Å²) in [6.45, 7) is 1.78. The van der Waals surface area contributed by atoms with Crippen LogP contribution in [0.2, 0.25) is 5.02 Å². The second-order valence-corrected chi connectivity index (χ2v) is 7.24. The predicted molar refractivity (Wildman–Crippen MR) is 115 cm³/mol. The number of ether oxygens (including phenoxy) is 2. The molecular formula is C25H18ClFO3. The van der Waals surface area contributed by atoms with Gasteiger partial charge in [-0.05, 0) is 42.3 Å². The van der Waals surface area contributed by atoms with Gasteiger partial charge in [0.2, 0.25) is 5.78 Å². The van der Waals surface area contributed by atoms with Crippen LogP contribution in [0.1, 0.15) is 27.0 Å². The summed E-state index contributed by atoms with van der Waals surface area (Å²) in [5.41, 5.74) is 2.53. The van der Waals surface area contributed by atoms with Gasteiger partial charge in [0.15, 0.2) is 5.76 Å². The molecule has 5 heteroatoms. The van der Waals surface area contributed by atoms with E-state index in [9.17, 15) is 9.18 Å². The van der Waals surface area contributed by atoms with Gasteiger partial charge in [-0.2, -0.15) is 0 Å². The average Bonchev–Trinajstić information content (AvgIpc) is 3.04. The zero-order valence-electron chi connectivity index (χ0n) is 16.2. The van der Waals surface area contributed by atoms with Crippen LogP contribution < -0.4 is 9.47 Å². The number of hydrogen-bond donors (Lipinski definition) is 0. The van der Waals surface area contributed by atoms with E-state index in [0.717, 1.165) is 11.1 Å². The van der Waals surface area contributed by atoms with E-state index in [-0.39, 0.29) is 23.7 Å². The van der Waals surface area contributed by atoms with Gasteiger partial charge in [0.25, 0.3) is 0 Å². The van der Waals surface area contributed by atoms with E-state index in [4.69, 9.17) is 21.1 Å². The summed E-state index contributed by atoms with van der Waals surface area (Å²) < 4.78 is 25.4. The first-order chi connectivity index (χ1) is 14.5. The highest BCUT2D eigenvalue weighted by Gasteiger charge is 2.29. The van der Waals surface area contributed by atoms with Gasteiger partial charge < -0.3 is 9.47 Å². The van der Waals surface area contributed by atoms with Crippen molar-refractivity contribution in [2.45, 2.75) is 13.5 Å². The van der Waals surface area contributed by atoms with E-state index < -0.39 is 5.82 Å². The molecule has 1 heterocycles. The average molecular weight is 421 g/mol. The zero-order chi connectivity index (χ0) is 21.1. The van der Waals surface area contributed by atoms with Crippen LogP contribution in [-0.2, 0) is 6.61 Å². The molecule has 0 aromatic heterocycles. The van der Waals surface area contributed by atoms with Crippen molar-refractivity contribution in [3.63, 3.8) is 0 Å². The molecule has 4 rings (SSSR count). The summed E-state index contributed by atoms with van der Waals surface area (Å²) >= 11 is 6.05. The van der Waals surface area contributed by atoms with E-state index >= 15 is 0 Å². The van der Waals surface area contributed by atoms with Crippen molar-refractivity contribution < 1.29 is 18.7 Å². The van der Waals surface area contributed by atoms with Crippen molar-refractivity contribution in [2.75, 3.05) is 0 Å². The molecule has 150 valence electrons. The van der Waals surface area contributed by atoms with Crippen molar-refractivity contribution >= 4 is 23.5 Å². The molecule has 0 aliphatic carbocycles. The number of carbonyl (C=O) groups is 1. The number of fused-ring (bicyclic) bond motifs is 1. The lowest BCUT2D eigenvalue weighted by molar-refractivity contribution is 0.101. The molecule has 3 nitrogen and oxygen atoms in total. The second-order valence-electron chi connectivity index (χ2n) is 6.83. The number of allylic oxidation sites excluding steroid dienone is 3. The van der Waals surface area contributed by atoms with Crippen LogP contribution in [0, 0.1) is 12.7 Å². The van der Waals surface area contributed by atoms with E-state index in [1.54, 1.807) is 36.4 Å². The third kappa shape index (κ3) is 4.14. The number of halogens is 2. The van der Waals surface area contributed by atoms with E-state index in [1.165, 1.54) is 6.07 Å². The summed E-state index contributed by atoms with van der Waals surface area (Å²) in [7, 11) is 0. The summed E-state index contributed by atoms with van der Waals surface area (Å²) in [5.74, 6) is 0.536. The van der Waals surface area contributed by atoms with Crippen LogP contribution in [0.5, 0.6) is 11.5 Å². The van der Waals surface area contributed by atoms with Crippen molar-refractivity contribution in [1.29, 1.82) is 0 Å². The first-order valence-electron chi connectivity index (χ1n) is 9.39. The summed E-state index contributed by atoms with van der Waals surface area (Å²) in [6, 6.07) is 17.6. The van der Waals surface area contributed by atoms with Crippen molar-refractivity contribution in [3.05, 3.63) is 112 Å². The van der Waals surface area contributed by atoms with E-state index in [0.29, 0.717) is 22.1 Å². The highest BCUT2D eigenvalue weighted by molar-refractivity contribution is 6.31. The Morgan fingerprint density at radius 3 is 2.67 bits per heavy atom. The first-order valence-corrected chi connectivity index (χ1v) is 9.77. The van der Waals surface area contributed by atoms with Gasteiger partial charge in [0.1, 0.15) is 23.9 Å². The molecule has 1 aliphatic rings. The van der Waals surface area contributed by atoms with Gasteiger partial charge in [-0.1, -0.05) is 60.2 Å². The predicted octanol–water partition coefficient (Wildman–Crippen LogP) is 6.54. The fourth-order valence-electron chi connectivity index (χ4n) is 3.21. The zero-order valence-corrected chi connectivity index (χ0v) is 16.9. The van der Waals surface area contributed by atoms with Crippen LogP contribution in [0.4, 0.5) is 4.39 Å². The Bertz CT molecular complexity index is 1150. The van der Waals surface area contributed by atoms with Gasteiger partial charge in [0, 0.05) is 11.6 Å². The summed E-state index contributed by atoms with van der Waals surface area (Å²) in [4.78, 5) is 12.7. The normalized spacial score (nSPS) is 14.2. The molecular weight excluding hydrogens is 403 g/mol. The number of rotatable bonds is 5. The molecule has 0 unspecified atom stereocenters. The fourth-order valence-corrected chi connectivity index (χ4v) is 3.43. The highest BCUT2D eigenvalue weighted by atomic mass is 35.5. The van der Waals surface area contributed by atoms with Crippen molar-refractivity contribution in [3.8, 4) is 11.5 Å². The molecule has 0 saturated carbocycles. The molecule has 0 radical (unpaired) electrons. The molecule has 0 atom stereocenters. The van der Waals surface area contributed by atoms with Crippen LogP contribution in [-0.4, -0.2) is 5.78 Å². The Morgan fingerprint density at radius 1 is 1.10 bits per heavy atom. The molecule has 3 aromatic carbocycles. The maximum absolute atomic E-state index is 13.9. The van der Waals surface area contributed by atoms with E-state index in [1.807, 2.05) is 43.3 Å². The Balaban J connectivity index is 1.52. The lowest BCUT2D eigenvalue weighted by atomic mass is 10.0. The van der Waals surface area contributed by atoms with Gasteiger partial charge in [0.05, 0.1) is 10.6 Å².